The van der Waals surface area contributed by atoms with Gasteiger partial charge in [-0.2, -0.15) is 0 Å². The summed E-state index contributed by atoms with van der Waals surface area (Å²) in [4.78, 5) is 30.5. The molecule has 5 nitrogen and oxygen atoms in total. The van der Waals surface area contributed by atoms with Gasteiger partial charge in [0.15, 0.2) is 0 Å². The van der Waals surface area contributed by atoms with Crippen molar-refractivity contribution in [1.29, 1.82) is 0 Å². The van der Waals surface area contributed by atoms with E-state index in [4.69, 9.17) is 4.74 Å². The second-order valence-electron chi connectivity index (χ2n) is 7.34. The van der Waals surface area contributed by atoms with Crippen molar-refractivity contribution < 1.29 is 9.53 Å². The largest absolute Gasteiger partial charge is 0.368 e. The van der Waals surface area contributed by atoms with Gasteiger partial charge in [0.1, 0.15) is 6.10 Å². The predicted molar refractivity (Wildman–Crippen MR) is 109 cm³/mol. The smallest absolute Gasteiger partial charge is 0.253 e. The molecule has 2 aromatic carbocycles. The number of fused-ring (bicyclic) bond motifs is 1. The van der Waals surface area contributed by atoms with Crippen molar-refractivity contribution in [2.45, 2.75) is 39.0 Å². The summed E-state index contributed by atoms with van der Waals surface area (Å²) in [6.45, 7) is 3.30. The SMILES string of the molecule is Cc1cccc2cc(CN(Cc3ccccc3)C(=O)[C@H]3CCCO3)c(=O)[nH]c12. The van der Waals surface area contributed by atoms with E-state index >= 15 is 0 Å². The van der Waals surface area contributed by atoms with E-state index < -0.39 is 6.10 Å². The third-order valence-corrected chi connectivity index (χ3v) is 5.26. The highest BCUT2D eigenvalue weighted by Crippen LogP contribution is 2.20. The van der Waals surface area contributed by atoms with E-state index in [1.165, 1.54) is 0 Å². The number of carbonyl (C=O) groups is 1. The van der Waals surface area contributed by atoms with Crippen LogP contribution in [-0.2, 0) is 22.6 Å². The standard InChI is InChI=1S/C23H24N2O3/c1-16-7-5-10-18-13-19(22(26)24-21(16)18)15-25(14-17-8-3-2-4-9-17)23(27)20-11-6-12-28-20/h2-5,7-10,13,20H,6,11-12,14-15H2,1H3,(H,24,26)/t20-/m1/s1. The molecule has 0 aliphatic carbocycles. The van der Waals surface area contributed by atoms with Crippen molar-refractivity contribution >= 4 is 16.8 Å². The van der Waals surface area contributed by atoms with Crippen LogP contribution < -0.4 is 5.56 Å². The number of hydrogen-bond acceptors (Lipinski definition) is 3. The first-order valence-corrected chi connectivity index (χ1v) is 9.67. The quantitative estimate of drug-likeness (QED) is 0.741. The number of aromatic nitrogens is 1. The van der Waals surface area contributed by atoms with Crippen LogP contribution in [0.4, 0.5) is 0 Å². The average molecular weight is 376 g/mol. The highest BCUT2D eigenvalue weighted by molar-refractivity contribution is 5.83. The topological polar surface area (TPSA) is 62.4 Å². The van der Waals surface area contributed by atoms with Crippen LogP contribution in [0.25, 0.3) is 10.9 Å². The molecule has 1 aromatic heterocycles. The van der Waals surface area contributed by atoms with Crippen LogP contribution in [0.2, 0.25) is 0 Å². The molecule has 28 heavy (non-hydrogen) atoms. The van der Waals surface area contributed by atoms with Gasteiger partial charge in [-0.25, -0.2) is 0 Å². The summed E-state index contributed by atoms with van der Waals surface area (Å²) in [6, 6.07) is 17.7. The van der Waals surface area contributed by atoms with E-state index in [-0.39, 0.29) is 18.0 Å². The van der Waals surface area contributed by atoms with Gasteiger partial charge in [0, 0.05) is 18.7 Å². The first-order valence-electron chi connectivity index (χ1n) is 9.67. The molecule has 3 aromatic rings. The van der Waals surface area contributed by atoms with Crippen LogP contribution >= 0.6 is 0 Å². The maximum absolute atomic E-state index is 13.1. The van der Waals surface area contributed by atoms with Crippen molar-refractivity contribution in [2.24, 2.45) is 0 Å². The van der Waals surface area contributed by atoms with Crippen molar-refractivity contribution in [2.75, 3.05) is 6.61 Å². The van der Waals surface area contributed by atoms with Crippen molar-refractivity contribution in [1.82, 2.24) is 9.88 Å². The fourth-order valence-electron chi connectivity index (χ4n) is 3.74. The molecule has 4 rings (SSSR count). The zero-order valence-corrected chi connectivity index (χ0v) is 16.0. The summed E-state index contributed by atoms with van der Waals surface area (Å²) in [5.74, 6) is -0.0508. The van der Waals surface area contributed by atoms with E-state index in [0.717, 1.165) is 34.9 Å². The first kappa shape index (κ1) is 18.4. The highest BCUT2D eigenvalue weighted by atomic mass is 16.5. The summed E-state index contributed by atoms with van der Waals surface area (Å²) >= 11 is 0. The summed E-state index contributed by atoms with van der Waals surface area (Å²) in [7, 11) is 0. The molecular weight excluding hydrogens is 352 g/mol. The van der Waals surface area contributed by atoms with E-state index in [1.54, 1.807) is 4.90 Å². The van der Waals surface area contributed by atoms with Crippen molar-refractivity contribution in [3.63, 3.8) is 0 Å². The molecule has 0 radical (unpaired) electrons. The number of nitrogens with one attached hydrogen (secondary N) is 1. The normalized spacial score (nSPS) is 16.4. The molecule has 144 valence electrons. The molecule has 1 N–H and O–H groups in total. The van der Waals surface area contributed by atoms with Gasteiger partial charge in [0.2, 0.25) is 0 Å². The minimum Gasteiger partial charge on any atom is -0.368 e. The summed E-state index contributed by atoms with van der Waals surface area (Å²) < 4.78 is 5.61. The van der Waals surface area contributed by atoms with E-state index in [1.807, 2.05) is 61.5 Å². The zero-order chi connectivity index (χ0) is 19.5. The molecule has 0 saturated carbocycles. The Hall–Kier alpha value is -2.92. The number of benzene rings is 2. The number of ether oxygens (including phenoxy) is 1. The van der Waals surface area contributed by atoms with Crippen LogP contribution in [-0.4, -0.2) is 28.5 Å². The number of aryl methyl sites for hydroxylation is 1. The number of hydrogen-bond donors (Lipinski definition) is 1. The van der Waals surface area contributed by atoms with E-state index in [9.17, 15) is 9.59 Å². The average Bonchev–Trinajstić information content (AvgIpc) is 3.24. The van der Waals surface area contributed by atoms with E-state index in [2.05, 4.69) is 4.98 Å². The third-order valence-electron chi connectivity index (χ3n) is 5.26. The van der Waals surface area contributed by atoms with Gasteiger partial charge < -0.3 is 14.6 Å². The molecule has 5 heteroatoms. The molecule has 1 saturated heterocycles. The van der Waals surface area contributed by atoms with Gasteiger partial charge in [-0.05, 0) is 42.3 Å². The van der Waals surface area contributed by atoms with Crippen molar-refractivity contribution in [3.05, 3.63) is 81.6 Å². The number of amides is 1. The Morgan fingerprint density at radius 3 is 2.71 bits per heavy atom. The van der Waals surface area contributed by atoms with Gasteiger partial charge in [-0.15, -0.1) is 0 Å². The Morgan fingerprint density at radius 2 is 1.96 bits per heavy atom. The minimum atomic E-state index is -0.412. The molecule has 2 heterocycles. The Balaban J connectivity index is 1.66. The number of nitrogens with zero attached hydrogens (tertiary/aromatic N) is 1. The molecule has 1 aliphatic rings. The second kappa shape index (κ2) is 7.98. The van der Waals surface area contributed by atoms with Crippen LogP contribution in [0.15, 0.2) is 59.4 Å². The fraction of sp³-hybridized carbons (Fsp3) is 0.304. The van der Waals surface area contributed by atoms with Gasteiger partial charge in [0.05, 0.1) is 12.1 Å². The third kappa shape index (κ3) is 3.85. The highest BCUT2D eigenvalue weighted by Gasteiger charge is 2.29. The van der Waals surface area contributed by atoms with Crippen LogP contribution in [0, 0.1) is 6.92 Å². The van der Waals surface area contributed by atoms with Gasteiger partial charge in [-0.1, -0.05) is 48.5 Å². The van der Waals surface area contributed by atoms with E-state index in [0.29, 0.717) is 18.7 Å². The summed E-state index contributed by atoms with van der Waals surface area (Å²) in [5, 5.41) is 0.971. The monoisotopic (exact) mass is 376 g/mol. The lowest BCUT2D eigenvalue weighted by molar-refractivity contribution is -0.142. The number of pyridine rings is 1. The number of carbonyl (C=O) groups excluding carboxylic acids is 1. The Kier molecular flexibility index (Phi) is 5.26. The first-order chi connectivity index (χ1) is 13.6. The molecule has 1 atom stereocenters. The van der Waals surface area contributed by atoms with Gasteiger partial charge in [-0.3, -0.25) is 9.59 Å². The fourth-order valence-corrected chi connectivity index (χ4v) is 3.74. The molecule has 1 amide bonds. The zero-order valence-electron chi connectivity index (χ0n) is 16.0. The lowest BCUT2D eigenvalue weighted by atomic mass is 10.1. The second-order valence-corrected chi connectivity index (χ2v) is 7.34. The predicted octanol–water partition coefficient (Wildman–Crippen LogP) is 3.54. The Bertz CT molecular complexity index is 1040. The van der Waals surface area contributed by atoms with Crippen LogP contribution in [0.1, 0.15) is 29.5 Å². The number of para-hydroxylation sites is 1. The maximum atomic E-state index is 13.1. The van der Waals surface area contributed by atoms with Crippen LogP contribution in [0.5, 0.6) is 0 Å². The molecular formula is C23H24N2O3. The minimum absolute atomic E-state index is 0.0508. The van der Waals surface area contributed by atoms with Crippen LogP contribution in [0.3, 0.4) is 0 Å². The van der Waals surface area contributed by atoms with Crippen molar-refractivity contribution in [3.8, 4) is 0 Å². The lowest BCUT2D eigenvalue weighted by Crippen LogP contribution is -2.39. The summed E-state index contributed by atoms with van der Waals surface area (Å²) in [6.07, 6.45) is 1.22. The Labute approximate surface area is 163 Å². The molecule has 0 bridgehead atoms. The van der Waals surface area contributed by atoms with Gasteiger partial charge >= 0.3 is 0 Å². The number of rotatable bonds is 5. The van der Waals surface area contributed by atoms with Gasteiger partial charge in [0.25, 0.3) is 11.5 Å². The molecule has 0 unspecified atom stereocenters. The lowest BCUT2D eigenvalue weighted by Gasteiger charge is -2.25. The Morgan fingerprint density at radius 1 is 1.14 bits per heavy atom. The molecule has 1 aliphatic heterocycles. The summed E-state index contributed by atoms with van der Waals surface area (Å²) in [5.41, 5.74) is 3.33. The maximum Gasteiger partial charge on any atom is 0.253 e. The molecule has 1 fully saturated rings. The number of aromatic amines is 1. The number of H-pyrrole nitrogens is 1. The molecule has 0 spiro atoms.